The Kier molecular flexibility index (Phi) is 6.99. The van der Waals surface area contributed by atoms with Gasteiger partial charge in [-0.25, -0.2) is 0 Å². The van der Waals surface area contributed by atoms with Crippen molar-refractivity contribution in [3.63, 3.8) is 0 Å². The molecule has 18 heavy (non-hydrogen) atoms. The van der Waals surface area contributed by atoms with Crippen molar-refractivity contribution in [2.75, 3.05) is 26.2 Å². The molecule has 0 saturated heterocycles. The average Bonchev–Trinajstić information content (AvgIpc) is 2.43. The molecule has 2 nitrogen and oxygen atoms in total. The van der Waals surface area contributed by atoms with Gasteiger partial charge in [-0.3, -0.25) is 9.80 Å². The summed E-state index contributed by atoms with van der Waals surface area (Å²) in [5.74, 6) is 0. The summed E-state index contributed by atoms with van der Waals surface area (Å²) in [6, 6.07) is 9.10. The second-order valence-electron chi connectivity index (χ2n) is 4.74. The highest BCUT2D eigenvalue weighted by Gasteiger charge is 2.03. The van der Waals surface area contributed by atoms with Gasteiger partial charge in [-0.05, 0) is 37.3 Å². The third-order valence-electron chi connectivity index (χ3n) is 3.62. The molecule has 0 N–H and O–H groups in total. The fourth-order valence-corrected chi connectivity index (χ4v) is 2.16. The zero-order valence-corrected chi connectivity index (χ0v) is 12.4. The van der Waals surface area contributed by atoms with E-state index in [-0.39, 0.29) is 0 Å². The molecular weight excluding hydrogens is 220 g/mol. The highest BCUT2D eigenvalue weighted by Crippen LogP contribution is 2.09. The van der Waals surface area contributed by atoms with Crippen molar-refractivity contribution in [1.82, 2.24) is 9.80 Å². The molecule has 0 radical (unpaired) electrons. The van der Waals surface area contributed by atoms with Gasteiger partial charge in [0.15, 0.2) is 0 Å². The third-order valence-corrected chi connectivity index (χ3v) is 3.62. The molecule has 1 aromatic rings. The van der Waals surface area contributed by atoms with Crippen LogP contribution in [0.2, 0.25) is 0 Å². The number of rotatable bonds is 8. The first-order valence-electron chi connectivity index (χ1n) is 7.25. The van der Waals surface area contributed by atoms with E-state index < -0.39 is 0 Å². The molecule has 0 amide bonds. The van der Waals surface area contributed by atoms with E-state index in [0.29, 0.717) is 0 Å². The van der Waals surface area contributed by atoms with Crippen molar-refractivity contribution in [3.8, 4) is 0 Å². The van der Waals surface area contributed by atoms with Crippen LogP contribution < -0.4 is 0 Å². The van der Waals surface area contributed by atoms with Gasteiger partial charge in [0, 0.05) is 13.1 Å². The van der Waals surface area contributed by atoms with Crippen molar-refractivity contribution in [1.29, 1.82) is 0 Å². The van der Waals surface area contributed by atoms with Gasteiger partial charge in [0.2, 0.25) is 0 Å². The van der Waals surface area contributed by atoms with E-state index in [0.717, 1.165) is 39.3 Å². The lowest BCUT2D eigenvalue weighted by atomic mass is 10.1. The van der Waals surface area contributed by atoms with E-state index in [4.69, 9.17) is 0 Å². The summed E-state index contributed by atoms with van der Waals surface area (Å²) >= 11 is 0. The molecular formula is C16H28N2. The van der Waals surface area contributed by atoms with Crippen molar-refractivity contribution in [2.24, 2.45) is 0 Å². The van der Waals surface area contributed by atoms with Crippen molar-refractivity contribution in [3.05, 3.63) is 35.4 Å². The summed E-state index contributed by atoms with van der Waals surface area (Å²) < 4.78 is 0. The topological polar surface area (TPSA) is 6.48 Å². The maximum absolute atomic E-state index is 2.44. The highest BCUT2D eigenvalue weighted by molar-refractivity contribution is 5.22. The van der Waals surface area contributed by atoms with Crippen molar-refractivity contribution < 1.29 is 0 Å². The second-order valence-corrected chi connectivity index (χ2v) is 4.74. The van der Waals surface area contributed by atoms with Crippen LogP contribution in [0.4, 0.5) is 0 Å². The van der Waals surface area contributed by atoms with E-state index in [1.165, 1.54) is 11.1 Å². The Bertz CT molecular complexity index is 277. The van der Waals surface area contributed by atoms with Gasteiger partial charge in [0.25, 0.3) is 0 Å². The van der Waals surface area contributed by atoms with E-state index in [2.05, 4.69) is 61.8 Å². The van der Waals surface area contributed by atoms with Gasteiger partial charge in [-0.2, -0.15) is 0 Å². The maximum atomic E-state index is 2.44. The quantitative estimate of drug-likeness (QED) is 0.696. The summed E-state index contributed by atoms with van der Waals surface area (Å²) in [5.41, 5.74) is 2.84. The maximum Gasteiger partial charge on any atom is 0.0233 e. The van der Waals surface area contributed by atoms with E-state index in [1.54, 1.807) is 0 Å². The molecule has 0 aliphatic rings. The molecule has 1 rings (SSSR count). The van der Waals surface area contributed by atoms with E-state index in [9.17, 15) is 0 Å². The van der Waals surface area contributed by atoms with Gasteiger partial charge in [0.05, 0.1) is 0 Å². The molecule has 0 heterocycles. The predicted octanol–water partition coefficient (Wildman–Crippen LogP) is 3.37. The Balaban J connectivity index is 2.56. The Morgan fingerprint density at radius 1 is 0.611 bits per heavy atom. The molecule has 0 aliphatic heterocycles. The Morgan fingerprint density at radius 2 is 0.889 bits per heavy atom. The van der Waals surface area contributed by atoms with Crippen LogP contribution in [0.5, 0.6) is 0 Å². The largest absolute Gasteiger partial charge is 0.300 e. The summed E-state index contributed by atoms with van der Waals surface area (Å²) in [4.78, 5) is 4.89. The lowest BCUT2D eigenvalue weighted by Crippen LogP contribution is -2.23. The molecule has 0 saturated carbocycles. The highest BCUT2D eigenvalue weighted by atomic mass is 15.1. The lowest BCUT2D eigenvalue weighted by molar-refractivity contribution is 0.293. The monoisotopic (exact) mass is 248 g/mol. The Labute approximate surface area is 113 Å². The minimum Gasteiger partial charge on any atom is -0.300 e. The molecule has 0 fully saturated rings. The van der Waals surface area contributed by atoms with Crippen molar-refractivity contribution >= 4 is 0 Å². The second kappa shape index (κ2) is 8.28. The number of benzene rings is 1. The molecule has 0 aromatic heterocycles. The minimum absolute atomic E-state index is 1.07. The number of hydrogen-bond acceptors (Lipinski definition) is 2. The van der Waals surface area contributed by atoms with Gasteiger partial charge in [-0.1, -0.05) is 52.0 Å². The summed E-state index contributed by atoms with van der Waals surface area (Å²) in [6.07, 6.45) is 0. The van der Waals surface area contributed by atoms with Crippen molar-refractivity contribution in [2.45, 2.75) is 40.8 Å². The molecule has 0 bridgehead atoms. The zero-order chi connectivity index (χ0) is 13.4. The third kappa shape index (κ3) is 4.79. The number of hydrogen-bond donors (Lipinski definition) is 0. The first-order valence-corrected chi connectivity index (χ1v) is 7.25. The normalized spacial score (nSPS) is 11.4. The van der Waals surface area contributed by atoms with Crippen LogP contribution in [-0.2, 0) is 13.1 Å². The molecule has 0 aliphatic carbocycles. The first-order chi connectivity index (χ1) is 8.73. The molecule has 1 aromatic carbocycles. The van der Waals surface area contributed by atoms with Crippen LogP contribution in [-0.4, -0.2) is 36.0 Å². The molecule has 0 spiro atoms. The van der Waals surface area contributed by atoms with Crippen LogP contribution in [0.3, 0.4) is 0 Å². The summed E-state index contributed by atoms with van der Waals surface area (Å²) in [7, 11) is 0. The van der Waals surface area contributed by atoms with E-state index in [1.807, 2.05) is 0 Å². The average molecular weight is 248 g/mol. The standard InChI is InChI=1S/C16H28N2/c1-5-17(6-2)13-15-9-11-16(12-10-15)14-18(7-3)8-4/h9-12H,5-8,13-14H2,1-4H3. The smallest absolute Gasteiger partial charge is 0.0233 e. The minimum atomic E-state index is 1.07. The van der Waals surface area contributed by atoms with Crippen LogP contribution in [0.25, 0.3) is 0 Å². The van der Waals surface area contributed by atoms with Crippen LogP contribution in [0.15, 0.2) is 24.3 Å². The fraction of sp³-hybridized carbons (Fsp3) is 0.625. The summed E-state index contributed by atoms with van der Waals surface area (Å²) in [5, 5.41) is 0. The molecule has 0 unspecified atom stereocenters. The zero-order valence-electron chi connectivity index (χ0n) is 12.4. The van der Waals surface area contributed by atoms with Crippen LogP contribution >= 0.6 is 0 Å². The number of nitrogens with zero attached hydrogens (tertiary/aromatic N) is 2. The summed E-state index contributed by atoms with van der Waals surface area (Å²) in [6.45, 7) is 15.5. The predicted molar refractivity (Wildman–Crippen MR) is 79.7 cm³/mol. The van der Waals surface area contributed by atoms with Gasteiger partial charge < -0.3 is 0 Å². The Hall–Kier alpha value is -0.860. The van der Waals surface area contributed by atoms with Gasteiger partial charge >= 0.3 is 0 Å². The lowest BCUT2D eigenvalue weighted by Gasteiger charge is -2.20. The van der Waals surface area contributed by atoms with Crippen LogP contribution in [0, 0.1) is 0 Å². The van der Waals surface area contributed by atoms with Crippen LogP contribution in [0.1, 0.15) is 38.8 Å². The van der Waals surface area contributed by atoms with E-state index >= 15 is 0 Å². The van der Waals surface area contributed by atoms with Gasteiger partial charge in [0.1, 0.15) is 0 Å². The van der Waals surface area contributed by atoms with Gasteiger partial charge in [-0.15, -0.1) is 0 Å². The molecule has 102 valence electrons. The molecule has 2 heteroatoms. The molecule has 0 atom stereocenters. The first kappa shape index (κ1) is 15.2. The SMILES string of the molecule is CCN(CC)Cc1ccc(CN(CC)CC)cc1. The fourth-order valence-electron chi connectivity index (χ4n) is 2.16. The Morgan fingerprint density at radius 3 is 1.11 bits per heavy atom.